The zero-order valence-electron chi connectivity index (χ0n) is 11.9. The molecule has 0 unspecified atom stereocenters. The predicted octanol–water partition coefficient (Wildman–Crippen LogP) is 2.30. The molecule has 2 N–H and O–H groups in total. The van der Waals surface area contributed by atoms with Crippen molar-refractivity contribution in [2.75, 3.05) is 0 Å². The van der Waals surface area contributed by atoms with E-state index in [-0.39, 0.29) is 0 Å². The first-order valence-electron chi connectivity index (χ1n) is 7.21. The Bertz CT molecular complexity index is 760. The van der Waals surface area contributed by atoms with Crippen molar-refractivity contribution in [2.45, 2.75) is 37.6 Å². The van der Waals surface area contributed by atoms with Crippen LogP contribution in [0, 0.1) is 0 Å². The van der Waals surface area contributed by atoms with Crippen LogP contribution in [0.15, 0.2) is 26.6 Å². The lowest BCUT2D eigenvalue weighted by Gasteiger charge is -2.34. The second-order valence-electron chi connectivity index (χ2n) is 5.51. The molecule has 0 aromatic carbocycles. The molecular weight excluding hydrogens is 302 g/mol. The molecule has 1 aliphatic carbocycles. The summed E-state index contributed by atoms with van der Waals surface area (Å²) in [5, 5.41) is 9.95. The topological polar surface area (TPSA) is 104 Å². The standard InChI is InChI=1S/C14H15N5O2S/c15-14(6-2-7-14)13-17-11(21-19-13)5-4-10-16-12(18-20-10)9-3-1-8-22-9/h1,3,8H,2,4-7,15H2. The Morgan fingerprint density at radius 1 is 1.14 bits per heavy atom. The summed E-state index contributed by atoms with van der Waals surface area (Å²) >= 11 is 1.58. The van der Waals surface area contributed by atoms with Crippen molar-refractivity contribution in [3.05, 3.63) is 35.1 Å². The highest BCUT2D eigenvalue weighted by atomic mass is 32.1. The Kier molecular flexibility index (Phi) is 3.27. The van der Waals surface area contributed by atoms with Crippen LogP contribution in [0.4, 0.5) is 0 Å². The van der Waals surface area contributed by atoms with E-state index in [0.29, 0.717) is 36.3 Å². The Hall–Kier alpha value is -2.06. The van der Waals surface area contributed by atoms with Crippen LogP contribution in [-0.4, -0.2) is 20.3 Å². The number of nitrogens with two attached hydrogens (primary N) is 1. The summed E-state index contributed by atoms with van der Waals surface area (Å²) in [6, 6.07) is 3.92. The van der Waals surface area contributed by atoms with Gasteiger partial charge in [0.15, 0.2) is 5.82 Å². The maximum absolute atomic E-state index is 6.18. The van der Waals surface area contributed by atoms with Crippen LogP contribution in [0.3, 0.4) is 0 Å². The highest BCUT2D eigenvalue weighted by Gasteiger charge is 2.38. The smallest absolute Gasteiger partial charge is 0.227 e. The quantitative estimate of drug-likeness (QED) is 0.770. The van der Waals surface area contributed by atoms with Crippen molar-refractivity contribution in [2.24, 2.45) is 5.73 Å². The van der Waals surface area contributed by atoms with E-state index in [1.807, 2.05) is 17.5 Å². The van der Waals surface area contributed by atoms with Gasteiger partial charge in [-0.25, -0.2) is 0 Å². The van der Waals surface area contributed by atoms with E-state index in [1.165, 1.54) is 0 Å². The number of rotatable bonds is 5. The number of aromatic nitrogens is 4. The molecule has 3 heterocycles. The molecular formula is C14H15N5O2S. The predicted molar refractivity (Wildman–Crippen MR) is 79.0 cm³/mol. The molecule has 0 spiro atoms. The van der Waals surface area contributed by atoms with Crippen LogP contribution >= 0.6 is 11.3 Å². The minimum Gasteiger partial charge on any atom is -0.339 e. The minimum atomic E-state index is -0.390. The molecule has 0 amide bonds. The van der Waals surface area contributed by atoms with Crippen LogP contribution in [0.2, 0.25) is 0 Å². The zero-order chi connectivity index (χ0) is 15.0. The fraction of sp³-hybridized carbons (Fsp3) is 0.429. The van der Waals surface area contributed by atoms with E-state index in [2.05, 4.69) is 20.3 Å². The maximum Gasteiger partial charge on any atom is 0.227 e. The van der Waals surface area contributed by atoms with Crippen molar-refractivity contribution in [3.63, 3.8) is 0 Å². The molecule has 22 heavy (non-hydrogen) atoms. The third-order valence-corrected chi connectivity index (χ3v) is 4.79. The molecule has 1 aliphatic rings. The number of hydrogen-bond acceptors (Lipinski definition) is 8. The first kappa shape index (κ1) is 13.6. The SMILES string of the molecule is NC1(c2noc(CCc3nc(-c4cccs4)no3)n2)CCC1. The van der Waals surface area contributed by atoms with Gasteiger partial charge in [-0.3, -0.25) is 0 Å². The molecule has 7 nitrogen and oxygen atoms in total. The Morgan fingerprint density at radius 2 is 1.91 bits per heavy atom. The molecule has 114 valence electrons. The largest absolute Gasteiger partial charge is 0.339 e. The van der Waals surface area contributed by atoms with Crippen LogP contribution in [-0.2, 0) is 18.4 Å². The summed E-state index contributed by atoms with van der Waals surface area (Å²) in [5.41, 5.74) is 5.79. The van der Waals surface area contributed by atoms with Gasteiger partial charge in [-0.05, 0) is 30.7 Å². The molecule has 0 atom stereocenters. The monoisotopic (exact) mass is 317 g/mol. The fourth-order valence-electron chi connectivity index (χ4n) is 2.42. The molecule has 0 bridgehead atoms. The molecule has 0 saturated heterocycles. The number of nitrogens with zero attached hydrogens (tertiary/aromatic N) is 4. The third-order valence-electron chi connectivity index (χ3n) is 3.92. The normalized spacial score (nSPS) is 16.6. The van der Waals surface area contributed by atoms with Gasteiger partial charge in [0.05, 0.1) is 10.4 Å². The van der Waals surface area contributed by atoms with Crippen molar-refractivity contribution in [1.82, 2.24) is 20.3 Å². The van der Waals surface area contributed by atoms with Crippen molar-refractivity contribution >= 4 is 11.3 Å². The van der Waals surface area contributed by atoms with Crippen LogP contribution < -0.4 is 5.73 Å². The lowest BCUT2D eigenvalue weighted by Crippen LogP contribution is -2.44. The molecule has 3 aromatic heterocycles. The van der Waals surface area contributed by atoms with Gasteiger partial charge < -0.3 is 14.8 Å². The van der Waals surface area contributed by atoms with E-state index < -0.39 is 5.54 Å². The fourth-order valence-corrected chi connectivity index (χ4v) is 3.07. The average Bonchev–Trinajstić information content (AvgIpc) is 3.21. The molecule has 1 saturated carbocycles. The summed E-state index contributed by atoms with van der Waals surface area (Å²) in [4.78, 5) is 9.74. The minimum absolute atomic E-state index is 0.390. The van der Waals surface area contributed by atoms with Crippen LogP contribution in [0.1, 0.15) is 36.9 Å². The van der Waals surface area contributed by atoms with Gasteiger partial charge in [0.25, 0.3) is 0 Å². The summed E-state index contributed by atoms with van der Waals surface area (Å²) in [7, 11) is 0. The van der Waals surface area contributed by atoms with Gasteiger partial charge in [-0.2, -0.15) is 9.97 Å². The average molecular weight is 317 g/mol. The molecule has 4 rings (SSSR count). The lowest BCUT2D eigenvalue weighted by atomic mass is 9.77. The van der Waals surface area contributed by atoms with Gasteiger partial charge >= 0.3 is 0 Å². The highest BCUT2D eigenvalue weighted by Crippen LogP contribution is 2.36. The number of hydrogen-bond donors (Lipinski definition) is 1. The second kappa shape index (κ2) is 5.29. The van der Waals surface area contributed by atoms with E-state index in [0.717, 1.165) is 24.1 Å². The molecule has 3 aromatic rings. The Morgan fingerprint density at radius 3 is 2.59 bits per heavy atom. The third kappa shape index (κ3) is 2.44. The number of aryl methyl sites for hydroxylation is 2. The van der Waals surface area contributed by atoms with Gasteiger partial charge in [0.2, 0.25) is 17.6 Å². The van der Waals surface area contributed by atoms with E-state index in [4.69, 9.17) is 14.8 Å². The van der Waals surface area contributed by atoms with E-state index in [1.54, 1.807) is 11.3 Å². The van der Waals surface area contributed by atoms with Crippen molar-refractivity contribution in [1.29, 1.82) is 0 Å². The second-order valence-corrected chi connectivity index (χ2v) is 6.46. The maximum atomic E-state index is 6.18. The van der Waals surface area contributed by atoms with Gasteiger partial charge in [0, 0.05) is 12.8 Å². The van der Waals surface area contributed by atoms with Gasteiger partial charge in [-0.15, -0.1) is 11.3 Å². The molecule has 1 fully saturated rings. The summed E-state index contributed by atoms with van der Waals surface area (Å²) < 4.78 is 10.5. The molecule has 0 radical (unpaired) electrons. The summed E-state index contributed by atoms with van der Waals surface area (Å²) in [5.74, 6) is 2.35. The Labute approximate surface area is 130 Å². The summed E-state index contributed by atoms with van der Waals surface area (Å²) in [6.45, 7) is 0. The van der Waals surface area contributed by atoms with E-state index >= 15 is 0 Å². The van der Waals surface area contributed by atoms with E-state index in [9.17, 15) is 0 Å². The van der Waals surface area contributed by atoms with Gasteiger partial charge in [0.1, 0.15) is 0 Å². The van der Waals surface area contributed by atoms with Crippen molar-refractivity contribution in [3.8, 4) is 10.7 Å². The zero-order valence-corrected chi connectivity index (χ0v) is 12.7. The van der Waals surface area contributed by atoms with Crippen LogP contribution in [0.25, 0.3) is 10.7 Å². The molecule has 8 heteroatoms. The van der Waals surface area contributed by atoms with Crippen molar-refractivity contribution < 1.29 is 9.05 Å². The highest BCUT2D eigenvalue weighted by molar-refractivity contribution is 7.13. The first-order valence-corrected chi connectivity index (χ1v) is 8.09. The lowest BCUT2D eigenvalue weighted by molar-refractivity contribution is 0.229. The first-order chi connectivity index (χ1) is 10.7. The number of thiophene rings is 1. The van der Waals surface area contributed by atoms with Crippen LogP contribution in [0.5, 0.6) is 0 Å². The summed E-state index contributed by atoms with van der Waals surface area (Å²) in [6.07, 6.45) is 4.08. The Balaban J connectivity index is 1.41. The molecule has 0 aliphatic heterocycles. The van der Waals surface area contributed by atoms with Gasteiger partial charge in [-0.1, -0.05) is 16.4 Å².